The molecule has 0 aliphatic carbocycles. The van der Waals surface area contributed by atoms with Gasteiger partial charge >= 0.3 is 5.97 Å². The number of esters is 1. The molecule has 0 spiro atoms. The van der Waals surface area contributed by atoms with Crippen LogP contribution in [0.1, 0.15) is 66.7 Å². The third kappa shape index (κ3) is 6.36. The van der Waals surface area contributed by atoms with Crippen molar-refractivity contribution in [1.82, 2.24) is 6.15 Å². The SMILES string of the molecule is CCCCCC(C)C(C)(C)C(=O)OC(O)CC.N. The van der Waals surface area contributed by atoms with E-state index >= 15 is 0 Å². The molecule has 0 saturated heterocycles. The maximum absolute atomic E-state index is 11.9. The fraction of sp³-hybridized carbons (Fsp3) is 0.929. The molecular formula is C14H31NO3. The van der Waals surface area contributed by atoms with Gasteiger partial charge in [0.1, 0.15) is 0 Å². The van der Waals surface area contributed by atoms with E-state index in [-0.39, 0.29) is 18.0 Å². The van der Waals surface area contributed by atoms with Gasteiger partial charge in [0, 0.05) is 6.42 Å². The molecule has 4 N–H and O–H groups in total. The summed E-state index contributed by atoms with van der Waals surface area (Å²) in [5, 5.41) is 9.34. The molecule has 4 heteroatoms. The van der Waals surface area contributed by atoms with Crippen molar-refractivity contribution in [2.24, 2.45) is 11.3 Å². The van der Waals surface area contributed by atoms with Crippen LogP contribution in [0.2, 0.25) is 0 Å². The number of ether oxygens (including phenoxy) is 1. The van der Waals surface area contributed by atoms with Crippen molar-refractivity contribution in [1.29, 1.82) is 0 Å². The molecule has 0 aromatic rings. The van der Waals surface area contributed by atoms with E-state index in [4.69, 9.17) is 4.74 Å². The van der Waals surface area contributed by atoms with Crippen molar-refractivity contribution >= 4 is 5.97 Å². The fourth-order valence-electron chi connectivity index (χ4n) is 1.62. The molecule has 0 heterocycles. The Hall–Kier alpha value is -0.610. The van der Waals surface area contributed by atoms with Crippen molar-refractivity contribution in [2.45, 2.75) is 73.0 Å². The number of carbonyl (C=O) groups excluding carboxylic acids is 1. The summed E-state index contributed by atoms with van der Waals surface area (Å²) >= 11 is 0. The summed E-state index contributed by atoms with van der Waals surface area (Å²) in [4.78, 5) is 11.9. The second-order valence-corrected chi connectivity index (χ2v) is 5.39. The zero-order valence-corrected chi connectivity index (χ0v) is 12.7. The molecule has 0 aliphatic heterocycles. The number of carbonyl (C=O) groups is 1. The minimum Gasteiger partial charge on any atom is -0.436 e. The molecule has 0 aromatic heterocycles. The lowest BCUT2D eigenvalue weighted by molar-refractivity contribution is -0.181. The Labute approximate surface area is 112 Å². The first-order valence-corrected chi connectivity index (χ1v) is 6.75. The van der Waals surface area contributed by atoms with Gasteiger partial charge in [-0.2, -0.15) is 0 Å². The first-order valence-electron chi connectivity index (χ1n) is 6.75. The topological polar surface area (TPSA) is 81.5 Å². The van der Waals surface area contributed by atoms with Gasteiger partial charge < -0.3 is 16.0 Å². The molecule has 0 bridgehead atoms. The van der Waals surface area contributed by atoms with Gasteiger partial charge in [-0.1, -0.05) is 40.0 Å². The molecule has 2 atom stereocenters. The average Bonchev–Trinajstić information content (AvgIpc) is 2.28. The summed E-state index contributed by atoms with van der Waals surface area (Å²) in [5.74, 6) is -0.0264. The molecule has 0 aromatic carbocycles. The summed E-state index contributed by atoms with van der Waals surface area (Å²) < 4.78 is 5.01. The molecule has 110 valence electrons. The lowest BCUT2D eigenvalue weighted by atomic mass is 9.77. The van der Waals surface area contributed by atoms with Crippen LogP contribution in [-0.2, 0) is 9.53 Å². The number of hydrogen-bond acceptors (Lipinski definition) is 4. The van der Waals surface area contributed by atoms with Crippen molar-refractivity contribution in [3.05, 3.63) is 0 Å². The molecule has 0 amide bonds. The Balaban J connectivity index is 0. The lowest BCUT2D eigenvalue weighted by Gasteiger charge is -2.30. The van der Waals surface area contributed by atoms with Gasteiger partial charge in [0.2, 0.25) is 0 Å². The first kappa shape index (κ1) is 19.7. The minimum absolute atomic E-state index is 0. The number of unbranched alkanes of at least 4 members (excludes halogenated alkanes) is 2. The van der Waals surface area contributed by atoms with Crippen LogP contribution in [0.5, 0.6) is 0 Å². The third-order valence-electron chi connectivity index (χ3n) is 3.59. The van der Waals surface area contributed by atoms with Crippen molar-refractivity contribution in [3.63, 3.8) is 0 Å². The second-order valence-electron chi connectivity index (χ2n) is 5.39. The second kappa shape index (κ2) is 9.34. The van der Waals surface area contributed by atoms with Gasteiger partial charge in [-0.3, -0.25) is 4.79 Å². The Morgan fingerprint density at radius 2 is 1.83 bits per heavy atom. The summed E-state index contributed by atoms with van der Waals surface area (Å²) in [7, 11) is 0. The van der Waals surface area contributed by atoms with Gasteiger partial charge in [0.05, 0.1) is 5.41 Å². The van der Waals surface area contributed by atoms with E-state index in [0.717, 1.165) is 12.8 Å². The molecule has 0 rings (SSSR count). The van der Waals surface area contributed by atoms with E-state index in [9.17, 15) is 9.90 Å². The van der Waals surface area contributed by atoms with Crippen molar-refractivity contribution in [3.8, 4) is 0 Å². The summed E-state index contributed by atoms with van der Waals surface area (Å²) in [6.07, 6.45) is 4.03. The van der Waals surface area contributed by atoms with E-state index in [2.05, 4.69) is 13.8 Å². The van der Waals surface area contributed by atoms with Crippen LogP contribution >= 0.6 is 0 Å². The molecular weight excluding hydrogens is 230 g/mol. The summed E-state index contributed by atoms with van der Waals surface area (Å²) in [6, 6.07) is 0. The number of rotatable bonds is 8. The van der Waals surface area contributed by atoms with Crippen molar-refractivity contribution in [2.75, 3.05) is 0 Å². The Bertz CT molecular complexity index is 229. The lowest BCUT2D eigenvalue weighted by Crippen LogP contribution is -2.35. The Morgan fingerprint density at radius 3 is 2.28 bits per heavy atom. The Morgan fingerprint density at radius 1 is 1.28 bits per heavy atom. The highest BCUT2D eigenvalue weighted by Gasteiger charge is 2.35. The van der Waals surface area contributed by atoms with Crippen LogP contribution in [0.3, 0.4) is 0 Å². The molecule has 2 unspecified atom stereocenters. The van der Waals surface area contributed by atoms with Gasteiger partial charge in [-0.05, 0) is 26.2 Å². The molecule has 4 nitrogen and oxygen atoms in total. The molecule has 0 radical (unpaired) electrons. The largest absolute Gasteiger partial charge is 0.436 e. The Kier molecular flexibility index (Phi) is 10.2. The van der Waals surface area contributed by atoms with Crippen LogP contribution in [0.4, 0.5) is 0 Å². The fourth-order valence-corrected chi connectivity index (χ4v) is 1.62. The van der Waals surface area contributed by atoms with E-state index in [1.54, 1.807) is 6.92 Å². The van der Waals surface area contributed by atoms with Crippen LogP contribution in [0, 0.1) is 11.3 Å². The third-order valence-corrected chi connectivity index (χ3v) is 3.59. The smallest absolute Gasteiger partial charge is 0.314 e. The zero-order chi connectivity index (χ0) is 13.5. The minimum atomic E-state index is -0.968. The van der Waals surface area contributed by atoms with Crippen LogP contribution in [0.25, 0.3) is 0 Å². The summed E-state index contributed by atoms with van der Waals surface area (Å²) in [5.41, 5.74) is -0.524. The van der Waals surface area contributed by atoms with E-state index < -0.39 is 11.7 Å². The van der Waals surface area contributed by atoms with Crippen LogP contribution in [0.15, 0.2) is 0 Å². The van der Waals surface area contributed by atoms with E-state index in [0.29, 0.717) is 6.42 Å². The quantitative estimate of drug-likeness (QED) is 0.397. The summed E-state index contributed by atoms with van der Waals surface area (Å²) in [6.45, 7) is 9.83. The predicted octanol–water partition coefficient (Wildman–Crippen LogP) is 3.66. The number of aliphatic hydroxyl groups is 1. The van der Waals surface area contributed by atoms with Gasteiger partial charge in [-0.15, -0.1) is 0 Å². The van der Waals surface area contributed by atoms with Crippen molar-refractivity contribution < 1.29 is 14.6 Å². The number of aliphatic hydroxyl groups excluding tert-OH is 1. The average molecular weight is 261 g/mol. The molecule has 0 fully saturated rings. The highest BCUT2D eigenvalue weighted by molar-refractivity contribution is 5.76. The van der Waals surface area contributed by atoms with Gasteiger partial charge in [-0.25, -0.2) is 0 Å². The van der Waals surface area contributed by atoms with Gasteiger partial charge in [0.15, 0.2) is 6.29 Å². The maximum Gasteiger partial charge on any atom is 0.314 e. The number of hydrogen-bond donors (Lipinski definition) is 2. The monoisotopic (exact) mass is 261 g/mol. The highest BCUT2D eigenvalue weighted by atomic mass is 16.6. The predicted molar refractivity (Wildman–Crippen MR) is 74.5 cm³/mol. The standard InChI is InChI=1S/C14H28O3.H3N/c1-6-8-9-10-11(3)14(4,5)13(16)17-12(15)7-2;/h11-12,15H,6-10H2,1-5H3;1H3. The maximum atomic E-state index is 11.9. The molecule has 18 heavy (non-hydrogen) atoms. The normalized spacial score (nSPS) is 14.6. The van der Waals surface area contributed by atoms with Crippen LogP contribution < -0.4 is 6.15 Å². The van der Waals surface area contributed by atoms with E-state index in [1.165, 1.54) is 12.8 Å². The zero-order valence-electron chi connectivity index (χ0n) is 12.7. The molecule has 0 saturated carbocycles. The molecule has 0 aliphatic rings. The van der Waals surface area contributed by atoms with Gasteiger partial charge in [0.25, 0.3) is 0 Å². The van der Waals surface area contributed by atoms with E-state index in [1.807, 2.05) is 13.8 Å². The highest BCUT2D eigenvalue weighted by Crippen LogP contribution is 2.32. The first-order chi connectivity index (χ1) is 7.86. The van der Waals surface area contributed by atoms with Crippen LogP contribution in [-0.4, -0.2) is 17.4 Å².